The van der Waals surface area contributed by atoms with E-state index in [-0.39, 0.29) is 24.2 Å². The van der Waals surface area contributed by atoms with Crippen molar-refractivity contribution in [2.75, 3.05) is 42.6 Å². The highest BCUT2D eigenvalue weighted by Crippen LogP contribution is 2.45. The number of aliphatic hydroxyl groups excluding tert-OH is 1. The van der Waals surface area contributed by atoms with Gasteiger partial charge in [0.05, 0.1) is 36.5 Å². The normalized spacial score (nSPS) is 27.2. The molecule has 0 aliphatic carbocycles. The number of hydrogen-bond donors (Lipinski definition) is 2. The summed E-state index contributed by atoms with van der Waals surface area (Å²) in [4.78, 5) is 19.5. The second kappa shape index (κ2) is 8.92. The van der Waals surface area contributed by atoms with Gasteiger partial charge in [0.15, 0.2) is 17.4 Å². The van der Waals surface area contributed by atoms with Gasteiger partial charge >= 0.3 is 0 Å². The minimum Gasteiger partial charge on any atom is -0.486 e. The molecule has 6 rings (SSSR count). The zero-order chi connectivity index (χ0) is 24.2. The smallest absolute Gasteiger partial charge is 0.175 e. The summed E-state index contributed by atoms with van der Waals surface area (Å²) >= 11 is 1.49. The number of anilines is 2. The molecule has 3 atom stereocenters. The van der Waals surface area contributed by atoms with Crippen LogP contribution in [-0.2, 0) is 11.3 Å². The van der Waals surface area contributed by atoms with Gasteiger partial charge < -0.3 is 30.1 Å². The predicted octanol–water partition coefficient (Wildman–Crippen LogP) is 2.38. The van der Waals surface area contributed by atoms with Gasteiger partial charge in [-0.3, -0.25) is 0 Å². The molecular weight excluding hydrogens is 464 g/mol. The van der Waals surface area contributed by atoms with Crippen molar-refractivity contribution < 1.29 is 14.6 Å². The molecule has 186 valence electrons. The van der Waals surface area contributed by atoms with Crippen molar-refractivity contribution in [3.05, 3.63) is 36.3 Å². The first-order valence-electron chi connectivity index (χ1n) is 12.3. The van der Waals surface area contributed by atoms with Gasteiger partial charge in [-0.25, -0.2) is 15.0 Å². The summed E-state index contributed by atoms with van der Waals surface area (Å²) in [6.07, 6.45) is 6.54. The highest BCUT2D eigenvalue weighted by Gasteiger charge is 2.47. The summed E-state index contributed by atoms with van der Waals surface area (Å²) in [6, 6.07) is 2.32. The van der Waals surface area contributed by atoms with E-state index >= 15 is 0 Å². The minimum atomic E-state index is -0.166. The van der Waals surface area contributed by atoms with Crippen molar-refractivity contribution in [3.63, 3.8) is 0 Å². The molecule has 4 aliphatic rings. The maximum Gasteiger partial charge on any atom is 0.175 e. The summed E-state index contributed by atoms with van der Waals surface area (Å²) in [7, 11) is 0. The van der Waals surface area contributed by atoms with Crippen LogP contribution in [0.1, 0.15) is 31.9 Å². The first-order valence-corrected chi connectivity index (χ1v) is 13.1. The number of piperidine rings is 1. The van der Waals surface area contributed by atoms with Gasteiger partial charge in [0, 0.05) is 37.3 Å². The second-order valence-corrected chi connectivity index (χ2v) is 11.2. The Kier molecular flexibility index (Phi) is 5.87. The van der Waals surface area contributed by atoms with E-state index < -0.39 is 0 Å². The van der Waals surface area contributed by atoms with Crippen LogP contribution < -0.4 is 20.3 Å². The number of aliphatic hydroxyl groups is 1. The maximum atomic E-state index is 10.1. The summed E-state index contributed by atoms with van der Waals surface area (Å²) in [6.45, 7) is 9.86. The molecule has 1 spiro atoms. The zero-order valence-corrected chi connectivity index (χ0v) is 20.8. The Labute approximate surface area is 209 Å². The van der Waals surface area contributed by atoms with E-state index in [0.717, 1.165) is 72.8 Å². The first-order chi connectivity index (χ1) is 17.0. The van der Waals surface area contributed by atoms with Crippen LogP contribution in [0.4, 0.5) is 11.6 Å². The summed E-state index contributed by atoms with van der Waals surface area (Å²) in [5.74, 6) is 2.40. The number of nitrogens with two attached hydrogens (primary N) is 1. The molecule has 0 saturated carbocycles. The highest BCUT2D eigenvalue weighted by atomic mass is 32.2. The molecular formula is C25H32N6O3S. The standard InChI is InChI=1S/C25H32N6O3S/c1-15-9-17-13-33-21-19(3-6-27-24(21)31(17)11-15)35-20-10-28-23(18(12-32)29-20)30-7-4-25(5-8-30)14-34-16(2)22(25)26/h3,6,10,16-17,22,32H,1,4-5,7-9,11-14,26H2,2H3/t16-,17-,22+/m0/s1. The summed E-state index contributed by atoms with van der Waals surface area (Å²) in [5.41, 5.74) is 8.31. The molecule has 3 fully saturated rings. The fourth-order valence-electron chi connectivity index (χ4n) is 5.87. The summed E-state index contributed by atoms with van der Waals surface area (Å²) in [5, 5.41) is 10.8. The van der Waals surface area contributed by atoms with Gasteiger partial charge in [0.2, 0.25) is 0 Å². The number of pyridine rings is 1. The third-order valence-corrected chi connectivity index (χ3v) is 8.92. The maximum absolute atomic E-state index is 10.1. The lowest BCUT2D eigenvalue weighted by molar-refractivity contribution is 0.0973. The Balaban J connectivity index is 1.20. The Hall–Kier alpha value is -2.40. The van der Waals surface area contributed by atoms with Crippen LogP contribution in [0, 0.1) is 5.41 Å². The predicted molar refractivity (Wildman–Crippen MR) is 134 cm³/mol. The molecule has 0 radical (unpaired) electrons. The van der Waals surface area contributed by atoms with Crippen molar-refractivity contribution in [1.82, 2.24) is 15.0 Å². The van der Waals surface area contributed by atoms with Crippen LogP contribution in [0.25, 0.3) is 0 Å². The third kappa shape index (κ3) is 3.96. The Morgan fingerprint density at radius 1 is 1.29 bits per heavy atom. The van der Waals surface area contributed by atoms with Crippen LogP contribution >= 0.6 is 11.8 Å². The lowest BCUT2D eigenvalue weighted by Gasteiger charge is -2.41. The average Bonchev–Trinajstić information content (AvgIpc) is 3.39. The van der Waals surface area contributed by atoms with Crippen LogP contribution in [0.2, 0.25) is 0 Å². The zero-order valence-electron chi connectivity index (χ0n) is 20.0. The van der Waals surface area contributed by atoms with E-state index in [9.17, 15) is 5.11 Å². The molecule has 0 bridgehead atoms. The minimum absolute atomic E-state index is 0.0413. The molecule has 6 heterocycles. The number of hydrogen-bond acceptors (Lipinski definition) is 10. The van der Waals surface area contributed by atoms with E-state index in [2.05, 4.69) is 28.3 Å². The van der Waals surface area contributed by atoms with Crippen molar-refractivity contribution in [1.29, 1.82) is 0 Å². The van der Waals surface area contributed by atoms with Gasteiger partial charge in [-0.2, -0.15) is 0 Å². The van der Waals surface area contributed by atoms with Crippen LogP contribution in [0.15, 0.2) is 40.5 Å². The fourth-order valence-corrected chi connectivity index (χ4v) is 6.72. The van der Waals surface area contributed by atoms with Crippen molar-refractivity contribution >= 4 is 23.4 Å². The molecule has 10 heteroatoms. The first kappa shape index (κ1) is 23.0. The number of ether oxygens (including phenoxy) is 2. The van der Waals surface area contributed by atoms with Crippen LogP contribution in [0.5, 0.6) is 5.75 Å². The molecule has 0 unspecified atom stereocenters. The van der Waals surface area contributed by atoms with Gasteiger partial charge in [-0.1, -0.05) is 23.9 Å². The van der Waals surface area contributed by atoms with Gasteiger partial charge in [-0.05, 0) is 32.3 Å². The Morgan fingerprint density at radius 2 is 2.11 bits per heavy atom. The quantitative estimate of drug-likeness (QED) is 0.612. The number of rotatable bonds is 4. The van der Waals surface area contributed by atoms with Gasteiger partial charge in [0.1, 0.15) is 17.3 Å². The van der Waals surface area contributed by atoms with Crippen LogP contribution in [0.3, 0.4) is 0 Å². The Bertz CT molecular complexity index is 1140. The molecule has 2 aromatic heterocycles. The van der Waals surface area contributed by atoms with E-state index in [1.807, 2.05) is 12.3 Å². The SMILES string of the molecule is C=C1C[C@H]2COc3c(Sc4cnc(N5CCC6(CC5)CO[C@@H](C)[C@H]6N)c(CO)n4)ccnc3N2C1. The van der Waals surface area contributed by atoms with E-state index in [4.69, 9.17) is 25.2 Å². The average molecular weight is 497 g/mol. The molecule has 0 amide bonds. The van der Waals surface area contributed by atoms with Gasteiger partial charge in [-0.15, -0.1) is 0 Å². The van der Waals surface area contributed by atoms with Crippen molar-refractivity contribution in [2.24, 2.45) is 11.1 Å². The van der Waals surface area contributed by atoms with E-state index in [0.29, 0.717) is 18.3 Å². The van der Waals surface area contributed by atoms with E-state index in [1.165, 1.54) is 17.3 Å². The molecule has 0 aromatic carbocycles. The van der Waals surface area contributed by atoms with Gasteiger partial charge in [0.25, 0.3) is 0 Å². The van der Waals surface area contributed by atoms with Crippen molar-refractivity contribution in [3.8, 4) is 5.75 Å². The molecule has 9 nitrogen and oxygen atoms in total. The Morgan fingerprint density at radius 3 is 2.86 bits per heavy atom. The van der Waals surface area contributed by atoms with Crippen molar-refractivity contribution in [2.45, 2.75) is 60.9 Å². The third-order valence-electron chi connectivity index (χ3n) is 7.97. The second-order valence-electron chi connectivity index (χ2n) is 10.1. The molecule has 35 heavy (non-hydrogen) atoms. The lowest BCUT2D eigenvalue weighted by atomic mass is 9.73. The monoisotopic (exact) mass is 496 g/mol. The topological polar surface area (TPSA) is 110 Å². The molecule has 3 N–H and O–H groups in total. The highest BCUT2D eigenvalue weighted by molar-refractivity contribution is 7.99. The summed E-state index contributed by atoms with van der Waals surface area (Å²) < 4.78 is 12.0. The van der Waals surface area contributed by atoms with E-state index in [1.54, 1.807) is 6.20 Å². The molecule has 2 aromatic rings. The number of fused-ring (bicyclic) bond motifs is 3. The number of nitrogens with zero attached hydrogens (tertiary/aromatic N) is 5. The lowest BCUT2D eigenvalue weighted by Crippen LogP contribution is -2.51. The van der Waals surface area contributed by atoms with Crippen LogP contribution in [-0.4, -0.2) is 71.1 Å². The molecule has 4 aliphatic heterocycles. The molecule has 3 saturated heterocycles. The fraction of sp³-hybridized carbons (Fsp3) is 0.560. The largest absolute Gasteiger partial charge is 0.486 e. The number of aromatic nitrogens is 3.